The summed E-state index contributed by atoms with van der Waals surface area (Å²) in [5.41, 5.74) is 3.36. The third kappa shape index (κ3) is 5.90. The summed E-state index contributed by atoms with van der Waals surface area (Å²) in [4.78, 5) is 11.3. The average Bonchev–Trinajstić information content (AvgIpc) is 3.26. The SMILES string of the molecule is CCc1ccc(OCCOc2cc(OC)ccc2C2NC(C(=O)O)CS2)c(C(C)(C)C)c1. The van der Waals surface area contributed by atoms with E-state index in [-0.39, 0.29) is 10.8 Å². The van der Waals surface area contributed by atoms with E-state index in [2.05, 4.69) is 45.1 Å². The summed E-state index contributed by atoms with van der Waals surface area (Å²) in [7, 11) is 1.61. The fourth-order valence-electron chi connectivity index (χ4n) is 3.59. The quantitative estimate of drug-likeness (QED) is 0.522. The van der Waals surface area contributed by atoms with E-state index < -0.39 is 12.0 Å². The number of aryl methyl sites for hydroxylation is 1. The molecule has 2 atom stereocenters. The van der Waals surface area contributed by atoms with E-state index in [9.17, 15) is 9.90 Å². The van der Waals surface area contributed by atoms with Gasteiger partial charge in [-0.15, -0.1) is 11.8 Å². The topological polar surface area (TPSA) is 77.0 Å². The second kappa shape index (κ2) is 10.5. The van der Waals surface area contributed by atoms with Gasteiger partial charge in [-0.3, -0.25) is 10.1 Å². The molecule has 2 N–H and O–H groups in total. The Hall–Kier alpha value is -2.38. The molecule has 1 saturated heterocycles. The maximum absolute atomic E-state index is 11.3. The van der Waals surface area contributed by atoms with Gasteiger partial charge in [-0.1, -0.05) is 39.8 Å². The molecule has 7 heteroatoms. The van der Waals surface area contributed by atoms with Crippen molar-refractivity contribution in [2.45, 2.75) is 50.9 Å². The van der Waals surface area contributed by atoms with Crippen LogP contribution in [0.2, 0.25) is 0 Å². The zero-order valence-corrected chi connectivity index (χ0v) is 20.3. The molecule has 6 nitrogen and oxygen atoms in total. The largest absolute Gasteiger partial charge is 0.497 e. The molecule has 1 fully saturated rings. The highest BCUT2D eigenvalue weighted by atomic mass is 32.2. The lowest BCUT2D eigenvalue weighted by Crippen LogP contribution is -2.33. The Balaban J connectivity index is 1.68. The Morgan fingerprint density at radius 1 is 1.12 bits per heavy atom. The highest BCUT2D eigenvalue weighted by Gasteiger charge is 2.32. The van der Waals surface area contributed by atoms with Crippen molar-refractivity contribution in [1.82, 2.24) is 5.32 Å². The molecule has 1 aliphatic rings. The summed E-state index contributed by atoms with van der Waals surface area (Å²) in [5.74, 6) is 1.90. The number of benzene rings is 2. The molecule has 32 heavy (non-hydrogen) atoms. The first kappa shape index (κ1) is 24.3. The number of carbonyl (C=O) groups is 1. The van der Waals surface area contributed by atoms with Crippen LogP contribution in [0, 0.1) is 0 Å². The van der Waals surface area contributed by atoms with Crippen LogP contribution in [-0.4, -0.2) is 43.2 Å². The molecule has 0 aromatic heterocycles. The lowest BCUT2D eigenvalue weighted by molar-refractivity contribution is -0.138. The van der Waals surface area contributed by atoms with Gasteiger partial charge in [-0.05, 0) is 41.2 Å². The predicted octanol–water partition coefficient (Wildman–Crippen LogP) is 4.80. The van der Waals surface area contributed by atoms with Crippen molar-refractivity contribution in [3.8, 4) is 17.2 Å². The highest BCUT2D eigenvalue weighted by Crippen LogP contribution is 2.39. The maximum atomic E-state index is 11.3. The lowest BCUT2D eigenvalue weighted by Gasteiger charge is -2.24. The number of methoxy groups -OCH3 is 1. The number of carboxylic acid groups (broad SMARTS) is 1. The van der Waals surface area contributed by atoms with Gasteiger partial charge in [-0.2, -0.15) is 0 Å². The van der Waals surface area contributed by atoms with Crippen LogP contribution in [0.4, 0.5) is 0 Å². The molecule has 0 aliphatic carbocycles. The summed E-state index contributed by atoms with van der Waals surface area (Å²) in [5, 5.41) is 12.3. The molecule has 3 rings (SSSR count). The van der Waals surface area contributed by atoms with Crippen molar-refractivity contribution in [2.24, 2.45) is 0 Å². The monoisotopic (exact) mass is 459 g/mol. The van der Waals surface area contributed by atoms with Crippen LogP contribution < -0.4 is 19.5 Å². The number of ether oxygens (including phenoxy) is 3. The minimum atomic E-state index is -0.840. The van der Waals surface area contributed by atoms with E-state index in [0.717, 1.165) is 17.7 Å². The maximum Gasteiger partial charge on any atom is 0.321 e. The number of hydrogen-bond acceptors (Lipinski definition) is 6. The average molecular weight is 460 g/mol. The Kier molecular flexibility index (Phi) is 7.96. The molecule has 0 bridgehead atoms. The van der Waals surface area contributed by atoms with Crippen molar-refractivity contribution in [3.05, 3.63) is 53.1 Å². The van der Waals surface area contributed by atoms with Crippen LogP contribution in [-0.2, 0) is 16.6 Å². The molecular formula is C25H33NO5S. The molecule has 0 saturated carbocycles. The number of carboxylic acids is 1. The predicted molar refractivity (Wildman–Crippen MR) is 128 cm³/mol. The van der Waals surface area contributed by atoms with E-state index in [1.807, 2.05) is 24.3 Å². The van der Waals surface area contributed by atoms with Crippen molar-refractivity contribution in [1.29, 1.82) is 0 Å². The van der Waals surface area contributed by atoms with Crippen LogP contribution in [0.25, 0.3) is 0 Å². The van der Waals surface area contributed by atoms with Crippen LogP contribution in [0.1, 0.15) is 49.8 Å². The zero-order chi connectivity index (χ0) is 23.3. The zero-order valence-electron chi connectivity index (χ0n) is 19.4. The van der Waals surface area contributed by atoms with Gasteiger partial charge in [0.1, 0.15) is 36.5 Å². The molecule has 1 aliphatic heterocycles. The minimum Gasteiger partial charge on any atom is -0.497 e. The van der Waals surface area contributed by atoms with Gasteiger partial charge in [0.25, 0.3) is 0 Å². The lowest BCUT2D eigenvalue weighted by atomic mass is 9.85. The number of thioether (sulfide) groups is 1. The van der Waals surface area contributed by atoms with Crippen molar-refractivity contribution >= 4 is 17.7 Å². The van der Waals surface area contributed by atoms with Gasteiger partial charge in [-0.25, -0.2) is 0 Å². The van der Waals surface area contributed by atoms with E-state index in [1.54, 1.807) is 18.9 Å². The number of nitrogens with one attached hydrogen (secondary N) is 1. The molecule has 2 unspecified atom stereocenters. The van der Waals surface area contributed by atoms with Gasteiger partial charge in [0.15, 0.2) is 0 Å². The Bertz CT molecular complexity index is 940. The first-order valence-electron chi connectivity index (χ1n) is 10.9. The molecule has 0 radical (unpaired) electrons. The second-order valence-corrected chi connectivity index (χ2v) is 9.94. The number of hydrogen-bond donors (Lipinski definition) is 2. The van der Waals surface area contributed by atoms with Crippen molar-refractivity contribution < 1.29 is 24.1 Å². The minimum absolute atomic E-state index is 0.0205. The van der Waals surface area contributed by atoms with Crippen LogP contribution >= 0.6 is 11.8 Å². The molecule has 174 valence electrons. The van der Waals surface area contributed by atoms with Crippen LogP contribution in [0.3, 0.4) is 0 Å². The Morgan fingerprint density at radius 3 is 2.44 bits per heavy atom. The van der Waals surface area contributed by atoms with Gasteiger partial charge in [0, 0.05) is 17.4 Å². The first-order valence-corrected chi connectivity index (χ1v) is 11.9. The molecule has 2 aromatic carbocycles. The number of aliphatic carboxylic acids is 1. The standard InChI is InChI=1S/C25H33NO5S/c1-6-16-7-10-21(19(13-16)25(2,3)4)30-11-12-31-22-14-17(29-5)8-9-18(22)23-26-20(15-32-23)24(27)28/h7-10,13-14,20,23,26H,6,11-12,15H2,1-5H3,(H,27,28). The highest BCUT2D eigenvalue weighted by molar-refractivity contribution is 7.99. The molecule has 0 amide bonds. The van der Waals surface area contributed by atoms with Crippen LogP contribution in [0.15, 0.2) is 36.4 Å². The Morgan fingerprint density at radius 2 is 1.84 bits per heavy atom. The smallest absolute Gasteiger partial charge is 0.321 e. The third-order valence-electron chi connectivity index (χ3n) is 5.44. The van der Waals surface area contributed by atoms with Gasteiger partial charge in [0.05, 0.1) is 12.5 Å². The van der Waals surface area contributed by atoms with Crippen molar-refractivity contribution in [2.75, 3.05) is 26.1 Å². The summed E-state index contributed by atoms with van der Waals surface area (Å²) in [6, 6.07) is 11.4. The summed E-state index contributed by atoms with van der Waals surface area (Å²) >= 11 is 1.56. The van der Waals surface area contributed by atoms with E-state index in [1.165, 1.54) is 11.1 Å². The molecule has 0 spiro atoms. The van der Waals surface area contributed by atoms with Gasteiger partial charge >= 0.3 is 5.97 Å². The molecule has 1 heterocycles. The number of rotatable bonds is 9. The Labute approximate surface area is 194 Å². The van der Waals surface area contributed by atoms with E-state index in [4.69, 9.17) is 14.2 Å². The normalized spacial score (nSPS) is 18.4. The van der Waals surface area contributed by atoms with Crippen LogP contribution in [0.5, 0.6) is 17.2 Å². The summed E-state index contributed by atoms with van der Waals surface area (Å²) in [6.45, 7) is 9.46. The van der Waals surface area contributed by atoms with E-state index in [0.29, 0.717) is 30.5 Å². The van der Waals surface area contributed by atoms with E-state index >= 15 is 0 Å². The fraction of sp³-hybridized carbons (Fsp3) is 0.480. The third-order valence-corrected chi connectivity index (χ3v) is 6.69. The van der Waals surface area contributed by atoms with Gasteiger partial charge in [0.2, 0.25) is 0 Å². The summed E-state index contributed by atoms with van der Waals surface area (Å²) in [6.07, 6.45) is 0.987. The summed E-state index contributed by atoms with van der Waals surface area (Å²) < 4.78 is 17.5. The fourth-order valence-corrected chi connectivity index (χ4v) is 4.85. The molecular weight excluding hydrogens is 426 g/mol. The van der Waals surface area contributed by atoms with Gasteiger partial charge < -0.3 is 19.3 Å². The second-order valence-electron chi connectivity index (χ2n) is 8.81. The first-order chi connectivity index (χ1) is 15.2. The van der Waals surface area contributed by atoms with Crippen molar-refractivity contribution in [3.63, 3.8) is 0 Å². The molecule has 2 aromatic rings.